The summed E-state index contributed by atoms with van der Waals surface area (Å²) in [6.45, 7) is 1.79. The normalized spacial score (nSPS) is 13.6. The predicted octanol–water partition coefficient (Wildman–Crippen LogP) is 3.93. The highest BCUT2D eigenvalue weighted by atomic mass is 32.1. The summed E-state index contributed by atoms with van der Waals surface area (Å²) in [6.07, 6.45) is -2.89. The molecule has 2 heterocycles. The first-order valence-electron chi connectivity index (χ1n) is 4.79. The first-order valence-corrected chi connectivity index (χ1v) is 5.67. The largest absolute Gasteiger partial charge is 0.467 e. The number of nitrogens with zero attached hydrogens (tertiary/aromatic N) is 1. The molecular weight excluding hydrogens is 253 g/mol. The molecular formula is C10H9F3N2OS. The maximum Gasteiger partial charge on any atom is 0.434 e. The highest BCUT2D eigenvalue weighted by molar-refractivity contribution is 7.13. The molecule has 2 aromatic heterocycles. The molecule has 1 atom stereocenters. The summed E-state index contributed by atoms with van der Waals surface area (Å²) in [4.78, 5) is 3.47. The van der Waals surface area contributed by atoms with Crippen LogP contribution in [0.25, 0.3) is 0 Å². The lowest BCUT2D eigenvalue weighted by Gasteiger charge is -2.09. The molecule has 0 aliphatic heterocycles. The number of aromatic nitrogens is 1. The molecule has 2 rings (SSSR count). The minimum absolute atomic E-state index is 0.223. The van der Waals surface area contributed by atoms with Crippen molar-refractivity contribution in [2.24, 2.45) is 0 Å². The molecule has 0 amide bonds. The Morgan fingerprint density at radius 2 is 2.24 bits per heavy atom. The van der Waals surface area contributed by atoms with Gasteiger partial charge in [0, 0.05) is 5.38 Å². The van der Waals surface area contributed by atoms with Crippen LogP contribution in [0.1, 0.15) is 24.4 Å². The summed E-state index contributed by atoms with van der Waals surface area (Å²) >= 11 is 0.918. The van der Waals surface area contributed by atoms with Crippen LogP contribution in [-0.4, -0.2) is 4.98 Å². The van der Waals surface area contributed by atoms with Crippen LogP contribution >= 0.6 is 11.3 Å². The molecule has 1 N–H and O–H groups in total. The van der Waals surface area contributed by atoms with Crippen molar-refractivity contribution in [1.29, 1.82) is 0 Å². The van der Waals surface area contributed by atoms with Gasteiger partial charge in [0.2, 0.25) is 0 Å². The van der Waals surface area contributed by atoms with Crippen molar-refractivity contribution in [3.63, 3.8) is 0 Å². The zero-order chi connectivity index (χ0) is 12.5. The molecule has 0 fully saturated rings. The van der Waals surface area contributed by atoms with Crippen molar-refractivity contribution in [3.8, 4) is 0 Å². The van der Waals surface area contributed by atoms with Crippen LogP contribution in [0.5, 0.6) is 0 Å². The summed E-state index contributed by atoms with van der Waals surface area (Å²) in [5.74, 6) is 0.647. The molecule has 0 aliphatic rings. The third kappa shape index (κ3) is 2.79. The van der Waals surface area contributed by atoms with Crippen LogP contribution in [0.4, 0.5) is 18.3 Å². The summed E-state index contributed by atoms with van der Waals surface area (Å²) in [6, 6.07) is 3.24. The molecule has 0 spiro atoms. The molecule has 2 aromatic rings. The van der Waals surface area contributed by atoms with E-state index in [1.54, 1.807) is 19.1 Å². The van der Waals surface area contributed by atoms with Crippen molar-refractivity contribution >= 4 is 16.5 Å². The van der Waals surface area contributed by atoms with Crippen LogP contribution in [0, 0.1) is 0 Å². The van der Waals surface area contributed by atoms with Gasteiger partial charge < -0.3 is 9.73 Å². The van der Waals surface area contributed by atoms with E-state index in [0.717, 1.165) is 16.7 Å². The van der Waals surface area contributed by atoms with E-state index in [0.29, 0.717) is 5.76 Å². The number of halogens is 3. The molecule has 0 bridgehead atoms. The van der Waals surface area contributed by atoms with E-state index in [-0.39, 0.29) is 11.2 Å². The number of furan rings is 1. The predicted molar refractivity (Wildman–Crippen MR) is 57.9 cm³/mol. The number of hydrogen-bond acceptors (Lipinski definition) is 4. The summed E-state index contributed by atoms with van der Waals surface area (Å²) in [5.41, 5.74) is -0.878. The van der Waals surface area contributed by atoms with Crippen LogP contribution in [0.2, 0.25) is 0 Å². The smallest absolute Gasteiger partial charge is 0.434 e. The van der Waals surface area contributed by atoms with Crippen molar-refractivity contribution in [3.05, 3.63) is 35.2 Å². The van der Waals surface area contributed by atoms with Crippen molar-refractivity contribution in [2.45, 2.75) is 19.1 Å². The fourth-order valence-corrected chi connectivity index (χ4v) is 2.07. The van der Waals surface area contributed by atoms with Crippen molar-refractivity contribution < 1.29 is 17.6 Å². The van der Waals surface area contributed by atoms with E-state index >= 15 is 0 Å². The summed E-state index contributed by atoms with van der Waals surface area (Å²) in [5, 5.41) is 4.06. The van der Waals surface area contributed by atoms with Gasteiger partial charge in [-0.3, -0.25) is 0 Å². The number of nitrogens with one attached hydrogen (secondary N) is 1. The van der Waals surface area contributed by atoms with E-state index in [9.17, 15) is 13.2 Å². The van der Waals surface area contributed by atoms with E-state index in [2.05, 4.69) is 10.3 Å². The lowest BCUT2D eigenvalue weighted by Crippen LogP contribution is -2.08. The minimum atomic E-state index is -4.40. The second kappa shape index (κ2) is 4.40. The fraction of sp³-hybridized carbons (Fsp3) is 0.300. The zero-order valence-electron chi connectivity index (χ0n) is 8.78. The lowest BCUT2D eigenvalue weighted by molar-refractivity contribution is -0.140. The zero-order valence-corrected chi connectivity index (χ0v) is 9.60. The van der Waals surface area contributed by atoms with E-state index in [1.807, 2.05) is 0 Å². The van der Waals surface area contributed by atoms with Gasteiger partial charge in [0.1, 0.15) is 5.76 Å². The molecule has 92 valence electrons. The molecule has 3 nitrogen and oxygen atoms in total. The number of alkyl halides is 3. The molecule has 17 heavy (non-hydrogen) atoms. The SMILES string of the molecule is CC(Nc1nc(C(F)(F)F)cs1)c1ccco1. The third-order valence-corrected chi connectivity index (χ3v) is 2.88. The average Bonchev–Trinajstić information content (AvgIpc) is 2.85. The number of anilines is 1. The second-order valence-corrected chi connectivity index (χ2v) is 4.28. The van der Waals surface area contributed by atoms with Crippen molar-refractivity contribution in [1.82, 2.24) is 4.98 Å². The van der Waals surface area contributed by atoms with Gasteiger partial charge in [0.05, 0.1) is 12.3 Å². The van der Waals surface area contributed by atoms with Gasteiger partial charge in [-0.2, -0.15) is 13.2 Å². The van der Waals surface area contributed by atoms with Gasteiger partial charge in [-0.1, -0.05) is 0 Å². The van der Waals surface area contributed by atoms with E-state index in [1.165, 1.54) is 6.26 Å². The monoisotopic (exact) mass is 262 g/mol. The molecule has 0 aromatic carbocycles. The van der Waals surface area contributed by atoms with Crippen LogP contribution < -0.4 is 5.32 Å². The maximum atomic E-state index is 12.3. The van der Waals surface area contributed by atoms with Crippen LogP contribution in [0.3, 0.4) is 0 Å². The van der Waals surface area contributed by atoms with Crippen molar-refractivity contribution in [2.75, 3.05) is 5.32 Å². The van der Waals surface area contributed by atoms with E-state index in [4.69, 9.17) is 4.42 Å². The quantitative estimate of drug-likeness (QED) is 0.910. The van der Waals surface area contributed by atoms with Gasteiger partial charge in [-0.25, -0.2) is 4.98 Å². The topological polar surface area (TPSA) is 38.1 Å². The Balaban J connectivity index is 2.07. The number of thiazole rings is 1. The maximum absolute atomic E-state index is 12.3. The van der Waals surface area contributed by atoms with Crippen LogP contribution in [0.15, 0.2) is 28.2 Å². The van der Waals surface area contributed by atoms with Crippen LogP contribution in [-0.2, 0) is 6.18 Å². The molecule has 7 heteroatoms. The standard InChI is InChI=1S/C10H9F3N2OS/c1-6(7-3-2-4-16-7)14-9-15-8(5-17-9)10(11,12)13/h2-6H,1H3,(H,14,15). The van der Waals surface area contributed by atoms with Gasteiger partial charge in [0.25, 0.3) is 0 Å². The highest BCUT2D eigenvalue weighted by Crippen LogP contribution is 2.32. The Hall–Kier alpha value is -1.50. The number of hydrogen-bond donors (Lipinski definition) is 1. The first kappa shape index (κ1) is 12.0. The second-order valence-electron chi connectivity index (χ2n) is 3.42. The first-order chi connectivity index (χ1) is 7.97. The Morgan fingerprint density at radius 1 is 1.47 bits per heavy atom. The van der Waals surface area contributed by atoms with Gasteiger partial charge in [0.15, 0.2) is 10.8 Å². The lowest BCUT2D eigenvalue weighted by atomic mass is 10.3. The Labute approximate surface area is 99.3 Å². The summed E-state index contributed by atoms with van der Waals surface area (Å²) < 4.78 is 42.1. The number of rotatable bonds is 3. The minimum Gasteiger partial charge on any atom is -0.467 e. The average molecular weight is 262 g/mol. The Kier molecular flexibility index (Phi) is 3.10. The Morgan fingerprint density at radius 3 is 2.76 bits per heavy atom. The molecule has 0 radical (unpaired) electrons. The molecule has 1 unspecified atom stereocenters. The van der Waals surface area contributed by atoms with E-state index < -0.39 is 11.9 Å². The molecule has 0 saturated heterocycles. The summed E-state index contributed by atoms with van der Waals surface area (Å²) in [7, 11) is 0. The molecule has 0 saturated carbocycles. The Bertz CT molecular complexity index is 478. The highest BCUT2D eigenvalue weighted by Gasteiger charge is 2.33. The third-order valence-electron chi connectivity index (χ3n) is 2.10. The fourth-order valence-electron chi connectivity index (χ4n) is 1.26. The van der Waals surface area contributed by atoms with Gasteiger partial charge in [-0.05, 0) is 19.1 Å². The molecule has 0 aliphatic carbocycles. The van der Waals surface area contributed by atoms with Gasteiger partial charge in [-0.15, -0.1) is 11.3 Å². The van der Waals surface area contributed by atoms with Gasteiger partial charge >= 0.3 is 6.18 Å².